The highest BCUT2D eigenvalue weighted by molar-refractivity contribution is 4.86. The Morgan fingerprint density at radius 3 is 2.00 bits per heavy atom. The van der Waals surface area contributed by atoms with Crippen LogP contribution < -0.4 is 5.32 Å². The molecule has 0 aromatic carbocycles. The number of rotatable bonds is 10. The van der Waals surface area contributed by atoms with Crippen LogP contribution in [-0.4, -0.2) is 71.3 Å². The van der Waals surface area contributed by atoms with Crippen molar-refractivity contribution in [3.05, 3.63) is 0 Å². The Hall–Kier alpha value is -0.200. The molecule has 0 saturated heterocycles. The fourth-order valence-corrected chi connectivity index (χ4v) is 1.69. The third-order valence-corrected chi connectivity index (χ3v) is 3.36. The number of likely N-dealkylation sites (N-methyl/N-ethyl adjacent to an activating group) is 1. The van der Waals surface area contributed by atoms with Gasteiger partial charge < -0.3 is 25.5 Å². The Balaban J connectivity index is 4.08. The van der Waals surface area contributed by atoms with E-state index in [1.165, 1.54) is 0 Å². The summed E-state index contributed by atoms with van der Waals surface area (Å²) in [6.45, 7) is 8.57. The fraction of sp³-hybridized carbons (Fsp3) is 1.00. The van der Waals surface area contributed by atoms with Gasteiger partial charge in [0.15, 0.2) is 0 Å². The van der Waals surface area contributed by atoms with Crippen molar-refractivity contribution < 1.29 is 15.3 Å². The van der Waals surface area contributed by atoms with Crippen molar-refractivity contribution >= 4 is 0 Å². The molecule has 1 unspecified atom stereocenters. The van der Waals surface area contributed by atoms with Crippen molar-refractivity contribution in [3.8, 4) is 0 Å². The van der Waals surface area contributed by atoms with E-state index in [1.54, 1.807) is 0 Å². The minimum absolute atomic E-state index is 0.127. The van der Waals surface area contributed by atoms with Gasteiger partial charge in [-0.1, -0.05) is 20.8 Å². The average Bonchev–Trinajstić information content (AvgIpc) is 2.38. The molecule has 0 bridgehead atoms. The van der Waals surface area contributed by atoms with Crippen LogP contribution in [-0.2, 0) is 0 Å². The van der Waals surface area contributed by atoms with Gasteiger partial charge in [-0.3, -0.25) is 0 Å². The van der Waals surface area contributed by atoms with Crippen LogP contribution in [0.25, 0.3) is 0 Å². The van der Waals surface area contributed by atoms with Gasteiger partial charge >= 0.3 is 0 Å². The first kappa shape index (κ1) is 16.8. The van der Waals surface area contributed by atoms with Crippen LogP contribution in [0.5, 0.6) is 0 Å². The van der Waals surface area contributed by atoms with Gasteiger partial charge in [0.05, 0.1) is 24.9 Å². The summed E-state index contributed by atoms with van der Waals surface area (Å²) < 4.78 is 0. The first-order chi connectivity index (χ1) is 8.07. The summed E-state index contributed by atoms with van der Waals surface area (Å²) in [5, 5.41) is 31.4. The van der Waals surface area contributed by atoms with Gasteiger partial charge in [0.1, 0.15) is 0 Å². The maximum absolute atomic E-state index is 9.86. The lowest BCUT2D eigenvalue weighted by Gasteiger charge is -2.32. The normalized spacial score (nSPS) is 14.3. The number of hydrogen-bond donors (Lipinski definition) is 4. The summed E-state index contributed by atoms with van der Waals surface area (Å²) in [4.78, 5) is 2.14. The summed E-state index contributed by atoms with van der Waals surface area (Å²) in [5.41, 5.74) is -0.676. The third kappa shape index (κ3) is 5.79. The highest BCUT2D eigenvalue weighted by Gasteiger charge is 2.26. The molecule has 5 heteroatoms. The average molecular weight is 248 g/mol. The second-order valence-corrected chi connectivity index (χ2v) is 4.47. The molecule has 0 aromatic heterocycles. The zero-order valence-corrected chi connectivity index (χ0v) is 11.3. The number of nitrogens with zero attached hydrogens (tertiary/aromatic N) is 1. The van der Waals surface area contributed by atoms with Crippen LogP contribution in [0.2, 0.25) is 0 Å². The van der Waals surface area contributed by atoms with Crippen molar-refractivity contribution in [2.45, 2.75) is 38.8 Å². The maximum Gasteiger partial charge on any atom is 0.0791 e. The molecule has 0 rings (SSSR count). The molecule has 0 radical (unpaired) electrons. The van der Waals surface area contributed by atoms with Gasteiger partial charge in [-0.25, -0.2) is 0 Å². The van der Waals surface area contributed by atoms with Crippen molar-refractivity contribution in [1.82, 2.24) is 10.2 Å². The Labute approximate surface area is 104 Å². The van der Waals surface area contributed by atoms with Crippen LogP contribution in [0.3, 0.4) is 0 Å². The third-order valence-electron chi connectivity index (χ3n) is 3.36. The van der Waals surface area contributed by atoms with E-state index >= 15 is 0 Å². The molecule has 0 heterocycles. The molecule has 5 nitrogen and oxygen atoms in total. The molecule has 0 aromatic rings. The van der Waals surface area contributed by atoms with E-state index < -0.39 is 11.6 Å². The SMILES string of the molecule is CCN(CC)CC(O)CNC(CC)(CO)CO. The number of aliphatic hydroxyl groups excluding tert-OH is 3. The summed E-state index contributed by atoms with van der Waals surface area (Å²) in [6.07, 6.45) is 0.136. The van der Waals surface area contributed by atoms with Crippen molar-refractivity contribution in [1.29, 1.82) is 0 Å². The standard InChI is InChI=1S/C12H28N2O3/c1-4-12(9-15,10-16)13-7-11(17)8-14(5-2)6-3/h11,13,15-17H,4-10H2,1-3H3. The molecule has 4 N–H and O–H groups in total. The lowest BCUT2D eigenvalue weighted by atomic mass is 9.98. The second kappa shape index (κ2) is 8.83. The van der Waals surface area contributed by atoms with E-state index in [9.17, 15) is 15.3 Å². The van der Waals surface area contributed by atoms with Crippen LogP contribution in [0, 0.1) is 0 Å². The first-order valence-corrected chi connectivity index (χ1v) is 6.44. The topological polar surface area (TPSA) is 76.0 Å². The Kier molecular flexibility index (Phi) is 8.72. The van der Waals surface area contributed by atoms with E-state index in [0.717, 1.165) is 13.1 Å². The summed E-state index contributed by atoms with van der Waals surface area (Å²) in [5.74, 6) is 0. The molecule has 0 amide bonds. The molecule has 0 spiro atoms. The largest absolute Gasteiger partial charge is 0.394 e. The quantitative estimate of drug-likeness (QED) is 0.416. The highest BCUT2D eigenvalue weighted by Crippen LogP contribution is 2.08. The molecular formula is C12H28N2O3. The Morgan fingerprint density at radius 2 is 1.65 bits per heavy atom. The van der Waals surface area contributed by atoms with Crippen LogP contribution in [0.15, 0.2) is 0 Å². The molecule has 0 aliphatic carbocycles. The lowest BCUT2D eigenvalue weighted by molar-refractivity contribution is 0.0608. The first-order valence-electron chi connectivity index (χ1n) is 6.44. The van der Waals surface area contributed by atoms with E-state index in [4.69, 9.17) is 0 Å². The van der Waals surface area contributed by atoms with E-state index in [1.807, 2.05) is 6.92 Å². The molecule has 17 heavy (non-hydrogen) atoms. The monoisotopic (exact) mass is 248 g/mol. The van der Waals surface area contributed by atoms with E-state index in [2.05, 4.69) is 24.1 Å². The zero-order valence-electron chi connectivity index (χ0n) is 11.3. The van der Waals surface area contributed by atoms with Crippen LogP contribution in [0.4, 0.5) is 0 Å². The predicted molar refractivity (Wildman–Crippen MR) is 69.0 cm³/mol. The van der Waals surface area contributed by atoms with Gasteiger partial charge in [0.2, 0.25) is 0 Å². The lowest BCUT2D eigenvalue weighted by Crippen LogP contribution is -2.54. The molecule has 0 aliphatic heterocycles. The summed E-state index contributed by atoms with van der Waals surface area (Å²) in [6, 6.07) is 0. The highest BCUT2D eigenvalue weighted by atomic mass is 16.3. The molecule has 0 aliphatic rings. The fourth-order valence-electron chi connectivity index (χ4n) is 1.69. The number of hydrogen-bond acceptors (Lipinski definition) is 5. The molecule has 0 fully saturated rings. The van der Waals surface area contributed by atoms with Gasteiger partial charge in [-0.2, -0.15) is 0 Å². The minimum Gasteiger partial charge on any atom is -0.394 e. The van der Waals surface area contributed by atoms with Gasteiger partial charge in [-0.15, -0.1) is 0 Å². The molecule has 104 valence electrons. The zero-order chi connectivity index (χ0) is 13.3. The molecular weight excluding hydrogens is 220 g/mol. The van der Waals surface area contributed by atoms with E-state index in [0.29, 0.717) is 19.5 Å². The van der Waals surface area contributed by atoms with E-state index in [-0.39, 0.29) is 13.2 Å². The Bertz CT molecular complexity index is 174. The summed E-state index contributed by atoms with van der Waals surface area (Å²) in [7, 11) is 0. The van der Waals surface area contributed by atoms with Crippen LogP contribution >= 0.6 is 0 Å². The number of β-amino-alcohol motifs (C(OH)–C–C–N with tert-alkyl or cyclic N) is 1. The smallest absolute Gasteiger partial charge is 0.0791 e. The van der Waals surface area contributed by atoms with Gasteiger partial charge in [0, 0.05) is 13.1 Å². The predicted octanol–water partition coefficient (Wildman–Crippen LogP) is -0.588. The molecule has 0 saturated carbocycles. The van der Waals surface area contributed by atoms with Gasteiger partial charge in [0.25, 0.3) is 0 Å². The second-order valence-electron chi connectivity index (χ2n) is 4.47. The minimum atomic E-state index is -0.676. The Morgan fingerprint density at radius 1 is 1.12 bits per heavy atom. The van der Waals surface area contributed by atoms with Crippen molar-refractivity contribution in [2.75, 3.05) is 39.4 Å². The summed E-state index contributed by atoms with van der Waals surface area (Å²) >= 11 is 0. The van der Waals surface area contributed by atoms with Crippen LogP contribution in [0.1, 0.15) is 27.2 Å². The van der Waals surface area contributed by atoms with Crippen molar-refractivity contribution in [2.24, 2.45) is 0 Å². The maximum atomic E-state index is 9.86. The van der Waals surface area contributed by atoms with Gasteiger partial charge in [-0.05, 0) is 19.5 Å². The number of nitrogens with one attached hydrogen (secondary N) is 1. The van der Waals surface area contributed by atoms with Crippen molar-refractivity contribution in [3.63, 3.8) is 0 Å². The molecule has 1 atom stereocenters. The number of aliphatic hydroxyl groups is 3.